The maximum Gasteiger partial charge on any atom is 0.264 e. The second kappa shape index (κ2) is 13.7. The summed E-state index contributed by atoms with van der Waals surface area (Å²) in [5, 5.41) is 2.83. The normalized spacial score (nSPS) is 11.9. The summed E-state index contributed by atoms with van der Waals surface area (Å²) in [6.45, 7) is 3.49. The van der Waals surface area contributed by atoms with Crippen molar-refractivity contribution < 1.29 is 27.1 Å². The van der Waals surface area contributed by atoms with Crippen LogP contribution < -0.4 is 14.4 Å². The number of amides is 2. The third-order valence-corrected chi connectivity index (χ3v) is 8.02. The first-order valence-corrected chi connectivity index (χ1v) is 14.1. The molecule has 0 bridgehead atoms. The molecule has 0 fully saturated rings. The number of nitrogens with one attached hydrogen (secondary N) is 1. The molecule has 8 nitrogen and oxygen atoms in total. The molecule has 0 unspecified atom stereocenters. The number of ether oxygens (including phenoxy) is 1. The molecule has 0 aliphatic carbocycles. The van der Waals surface area contributed by atoms with Crippen LogP contribution in [0.15, 0.2) is 83.8 Å². The Hall–Kier alpha value is -3.92. The second-order valence-corrected chi connectivity index (χ2v) is 10.9. The summed E-state index contributed by atoms with van der Waals surface area (Å²) in [6, 6.07) is 18.9. The van der Waals surface area contributed by atoms with E-state index in [1.807, 2.05) is 6.92 Å². The number of rotatable bonds is 13. The van der Waals surface area contributed by atoms with E-state index in [-0.39, 0.29) is 17.3 Å². The largest absolute Gasteiger partial charge is 0.497 e. The van der Waals surface area contributed by atoms with Crippen LogP contribution in [0, 0.1) is 5.82 Å². The first kappa shape index (κ1) is 29.6. The van der Waals surface area contributed by atoms with E-state index in [2.05, 4.69) is 5.32 Å². The van der Waals surface area contributed by atoms with E-state index in [0.717, 1.165) is 17.1 Å². The van der Waals surface area contributed by atoms with Crippen LogP contribution in [0.3, 0.4) is 0 Å². The van der Waals surface area contributed by atoms with Crippen molar-refractivity contribution in [2.75, 3.05) is 24.5 Å². The van der Waals surface area contributed by atoms with Crippen LogP contribution in [-0.4, -0.2) is 51.4 Å². The number of para-hydroxylation sites is 1. The molecule has 0 aliphatic rings. The first-order valence-electron chi connectivity index (χ1n) is 12.7. The number of hydrogen-bond acceptors (Lipinski definition) is 5. The molecule has 0 aromatic heterocycles. The summed E-state index contributed by atoms with van der Waals surface area (Å²) < 4.78 is 47.2. The smallest absolute Gasteiger partial charge is 0.264 e. The van der Waals surface area contributed by atoms with Crippen LogP contribution in [0.5, 0.6) is 5.75 Å². The molecule has 1 N–H and O–H groups in total. The second-order valence-electron chi connectivity index (χ2n) is 8.99. The zero-order valence-corrected chi connectivity index (χ0v) is 23.2. The fourth-order valence-electron chi connectivity index (χ4n) is 3.90. The molecular formula is C29H34FN3O5S. The van der Waals surface area contributed by atoms with Gasteiger partial charge >= 0.3 is 0 Å². The van der Waals surface area contributed by atoms with Gasteiger partial charge in [0.25, 0.3) is 10.0 Å². The van der Waals surface area contributed by atoms with Crippen molar-refractivity contribution in [1.29, 1.82) is 0 Å². The highest BCUT2D eigenvalue weighted by Crippen LogP contribution is 2.25. The number of anilines is 1. The lowest BCUT2D eigenvalue weighted by Gasteiger charge is -2.32. The van der Waals surface area contributed by atoms with Crippen molar-refractivity contribution in [3.05, 3.63) is 90.2 Å². The fourth-order valence-corrected chi connectivity index (χ4v) is 5.32. The van der Waals surface area contributed by atoms with Gasteiger partial charge in [-0.25, -0.2) is 12.8 Å². The average Bonchev–Trinajstić information content (AvgIpc) is 2.95. The van der Waals surface area contributed by atoms with Gasteiger partial charge in [-0.2, -0.15) is 0 Å². The standard InChI is InChI=1S/C29H34FN3O5S/c1-4-5-19-31-29(35)22(2)32(20-23-11-13-24(30)14-12-23)28(34)21-33(25-9-7-6-8-10-25)39(36,37)27-17-15-26(38-3)16-18-27/h6-18,22H,4-5,19-21H2,1-3H3,(H,31,35)/t22-/m0/s1. The van der Waals surface area contributed by atoms with Gasteiger partial charge in [0, 0.05) is 13.1 Å². The molecule has 0 aliphatic heterocycles. The van der Waals surface area contributed by atoms with Crippen LogP contribution >= 0.6 is 0 Å². The van der Waals surface area contributed by atoms with E-state index in [1.54, 1.807) is 37.3 Å². The number of carbonyl (C=O) groups is 2. The highest BCUT2D eigenvalue weighted by Gasteiger charge is 2.32. The van der Waals surface area contributed by atoms with E-state index >= 15 is 0 Å². The number of methoxy groups -OCH3 is 1. The minimum Gasteiger partial charge on any atom is -0.497 e. The van der Waals surface area contributed by atoms with Gasteiger partial charge in [0.05, 0.1) is 17.7 Å². The average molecular weight is 556 g/mol. The number of benzene rings is 3. The van der Waals surface area contributed by atoms with Crippen LogP contribution in [0.4, 0.5) is 10.1 Å². The topological polar surface area (TPSA) is 96.0 Å². The third-order valence-electron chi connectivity index (χ3n) is 6.23. The molecule has 208 valence electrons. The molecule has 0 radical (unpaired) electrons. The molecule has 3 aromatic carbocycles. The first-order chi connectivity index (χ1) is 18.7. The maximum atomic E-state index is 13.8. The Labute approximate surface area is 229 Å². The summed E-state index contributed by atoms with van der Waals surface area (Å²) in [6.07, 6.45) is 1.67. The highest BCUT2D eigenvalue weighted by atomic mass is 32.2. The Morgan fingerprint density at radius 1 is 0.974 bits per heavy atom. The Kier molecular flexibility index (Phi) is 10.4. The molecule has 1 atom stereocenters. The van der Waals surface area contributed by atoms with Crippen molar-refractivity contribution in [1.82, 2.24) is 10.2 Å². The zero-order valence-electron chi connectivity index (χ0n) is 22.3. The molecule has 2 amide bonds. The van der Waals surface area contributed by atoms with Crippen molar-refractivity contribution in [3.8, 4) is 5.75 Å². The van der Waals surface area contributed by atoms with Gasteiger partial charge in [-0.1, -0.05) is 43.7 Å². The van der Waals surface area contributed by atoms with Crippen LogP contribution in [-0.2, 0) is 26.2 Å². The minimum absolute atomic E-state index is 0.00725. The number of carbonyl (C=O) groups excluding carboxylic acids is 2. The Morgan fingerprint density at radius 2 is 1.62 bits per heavy atom. The van der Waals surface area contributed by atoms with Gasteiger partial charge in [-0.15, -0.1) is 0 Å². The molecule has 10 heteroatoms. The van der Waals surface area contributed by atoms with Gasteiger partial charge in [0.1, 0.15) is 24.2 Å². The van der Waals surface area contributed by atoms with Crippen molar-refractivity contribution >= 4 is 27.5 Å². The summed E-state index contributed by atoms with van der Waals surface area (Å²) in [4.78, 5) is 28.0. The van der Waals surface area contributed by atoms with E-state index in [9.17, 15) is 22.4 Å². The van der Waals surface area contributed by atoms with E-state index < -0.39 is 34.3 Å². The number of halogens is 1. The number of unbranched alkanes of at least 4 members (excludes halogenated alkanes) is 1. The van der Waals surface area contributed by atoms with Crippen LogP contribution in [0.1, 0.15) is 32.3 Å². The van der Waals surface area contributed by atoms with Crippen LogP contribution in [0.25, 0.3) is 0 Å². The fraction of sp³-hybridized carbons (Fsp3) is 0.310. The Bertz CT molecular complexity index is 1330. The van der Waals surface area contributed by atoms with Crippen molar-refractivity contribution in [3.63, 3.8) is 0 Å². The van der Waals surface area contributed by atoms with E-state index in [4.69, 9.17) is 4.74 Å². The van der Waals surface area contributed by atoms with Gasteiger partial charge in [-0.05, 0) is 67.4 Å². The van der Waals surface area contributed by atoms with Gasteiger partial charge in [0.15, 0.2) is 0 Å². The molecule has 39 heavy (non-hydrogen) atoms. The number of nitrogens with zero attached hydrogens (tertiary/aromatic N) is 2. The maximum absolute atomic E-state index is 13.8. The SMILES string of the molecule is CCCCNC(=O)[C@H](C)N(Cc1ccc(F)cc1)C(=O)CN(c1ccccc1)S(=O)(=O)c1ccc(OC)cc1. The number of sulfonamides is 1. The van der Waals surface area contributed by atoms with Gasteiger partial charge in [-0.3, -0.25) is 13.9 Å². The minimum atomic E-state index is -4.17. The molecule has 3 rings (SSSR count). The van der Waals surface area contributed by atoms with E-state index in [1.165, 1.54) is 60.5 Å². The Morgan fingerprint density at radius 3 is 2.21 bits per heavy atom. The summed E-state index contributed by atoms with van der Waals surface area (Å²) in [7, 11) is -2.69. The van der Waals surface area contributed by atoms with Gasteiger partial charge < -0.3 is 15.0 Å². The van der Waals surface area contributed by atoms with E-state index in [0.29, 0.717) is 23.5 Å². The quantitative estimate of drug-likeness (QED) is 0.316. The molecule has 3 aromatic rings. The number of hydrogen-bond donors (Lipinski definition) is 1. The molecule has 0 saturated heterocycles. The summed E-state index contributed by atoms with van der Waals surface area (Å²) in [5.41, 5.74) is 0.894. The van der Waals surface area contributed by atoms with Crippen molar-refractivity contribution in [2.24, 2.45) is 0 Å². The third kappa shape index (κ3) is 7.79. The summed E-state index contributed by atoms with van der Waals surface area (Å²) >= 11 is 0. The van der Waals surface area contributed by atoms with Crippen molar-refractivity contribution in [2.45, 2.75) is 44.2 Å². The predicted molar refractivity (Wildman–Crippen MR) is 148 cm³/mol. The molecule has 0 spiro atoms. The molecule has 0 saturated carbocycles. The van der Waals surface area contributed by atoms with Gasteiger partial charge in [0.2, 0.25) is 11.8 Å². The summed E-state index contributed by atoms with van der Waals surface area (Å²) in [5.74, 6) is -0.880. The molecule has 0 heterocycles. The lowest BCUT2D eigenvalue weighted by molar-refractivity contribution is -0.139. The lowest BCUT2D eigenvalue weighted by Crippen LogP contribution is -2.51. The lowest BCUT2D eigenvalue weighted by atomic mass is 10.1. The van der Waals surface area contributed by atoms with Crippen LogP contribution in [0.2, 0.25) is 0 Å². The predicted octanol–water partition coefficient (Wildman–Crippen LogP) is 4.36. The monoisotopic (exact) mass is 555 g/mol. The zero-order chi connectivity index (χ0) is 28.4. The molecular weight excluding hydrogens is 521 g/mol. The Balaban J connectivity index is 1.96. The highest BCUT2D eigenvalue weighted by molar-refractivity contribution is 7.92.